The largest absolute Gasteiger partial charge is 0.339 e. The van der Waals surface area contributed by atoms with Crippen molar-refractivity contribution in [1.29, 1.82) is 0 Å². The van der Waals surface area contributed by atoms with Crippen LogP contribution < -0.4 is 0 Å². The average molecular weight is 446 g/mol. The summed E-state index contributed by atoms with van der Waals surface area (Å²) in [5, 5.41) is 1.08. The number of sulfone groups is 1. The van der Waals surface area contributed by atoms with Crippen molar-refractivity contribution in [3.05, 3.63) is 59.8 Å². The maximum absolute atomic E-state index is 13.3. The highest BCUT2D eigenvalue weighted by Crippen LogP contribution is 2.30. The number of nitrogens with zero attached hydrogens (tertiary/aromatic N) is 3. The Bertz CT molecular complexity index is 1160. The Labute approximate surface area is 181 Å². The Hall–Kier alpha value is -2.35. The number of benzene rings is 2. The molecule has 0 atom stereocenters. The van der Waals surface area contributed by atoms with Gasteiger partial charge in [-0.15, -0.1) is 0 Å². The Morgan fingerprint density at radius 2 is 1.67 bits per heavy atom. The standard InChI is InChI=1S/C22H24ClN3O3S/c1-2-24-11-13-25(14-12-24)22(27)16-26-15-21(19-5-3-4-6-20(19)26)30(28,29)18-9-7-17(23)8-10-18/h3-10,15H,2,11-14,16H2,1H3. The molecule has 6 nitrogen and oxygen atoms in total. The molecule has 1 saturated heterocycles. The molecule has 4 rings (SSSR count). The van der Waals surface area contributed by atoms with Crippen LogP contribution in [0.25, 0.3) is 10.9 Å². The molecule has 0 saturated carbocycles. The zero-order chi connectivity index (χ0) is 21.3. The quantitative estimate of drug-likeness (QED) is 0.604. The minimum atomic E-state index is -3.74. The molecule has 0 radical (unpaired) electrons. The van der Waals surface area contributed by atoms with Crippen molar-refractivity contribution in [3.63, 3.8) is 0 Å². The third kappa shape index (κ3) is 3.97. The van der Waals surface area contributed by atoms with E-state index in [1.54, 1.807) is 35.0 Å². The molecule has 158 valence electrons. The Kier molecular flexibility index (Phi) is 5.86. The van der Waals surface area contributed by atoms with Gasteiger partial charge in [0.1, 0.15) is 6.54 Å². The van der Waals surface area contributed by atoms with E-state index < -0.39 is 9.84 Å². The van der Waals surface area contributed by atoms with Gasteiger partial charge in [0.2, 0.25) is 15.7 Å². The lowest BCUT2D eigenvalue weighted by atomic mass is 10.2. The van der Waals surface area contributed by atoms with Crippen molar-refractivity contribution in [3.8, 4) is 0 Å². The highest BCUT2D eigenvalue weighted by molar-refractivity contribution is 7.91. The number of halogens is 1. The molecule has 2 aromatic carbocycles. The maximum atomic E-state index is 13.3. The topological polar surface area (TPSA) is 62.6 Å². The number of fused-ring (bicyclic) bond motifs is 1. The number of carbonyl (C=O) groups excluding carboxylic acids is 1. The van der Waals surface area contributed by atoms with Crippen molar-refractivity contribution >= 4 is 38.2 Å². The summed E-state index contributed by atoms with van der Waals surface area (Å²) >= 11 is 5.91. The van der Waals surface area contributed by atoms with Gasteiger partial charge in [-0.2, -0.15) is 0 Å². The van der Waals surface area contributed by atoms with E-state index >= 15 is 0 Å². The number of carbonyl (C=O) groups is 1. The fraction of sp³-hybridized carbons (Fsp3) is 0.318. The summed E-state index contributed by atoms with van der Waals surface area (Å²) in [5.41, 5.74) is 0.727. The minimum absolute atomic E-state index is 0.00180. The van der Waals surface area contributed by atoms with Crippen LogP contribution in [0.4, 0.5) is 0 Å². The number of likely N-dealkylation sites (N-methyl/N-ethyl adjacent to an activating group) is 1. The smallest absolute Gasteiger partial charge is 0.242 e. The van der Waals surface area contributed by atoms with Gasteiger partial charge in [0.25, 0.3) is 0 Å². The predicted octanol–water partition coefficient (Wildman–Crippen LogP) is 3.29. The van der Waals surface area contributed by atoms with Crippen LogP contribution in [0, 0.1) is 0 Å². The Morgan fingerprint density at radius 3 is 2.33 bits per heavy atom. The SMILES string of the molecule is CCN1CCN(C(=O)Cn2cc(S(=O)(=O)c3ccc(Cl)cc3)c3ccccc32)CC1. The number of amides is 1. The van der Waals surface area contributed by atoms with Gasteiger partial charge in [-0.3, -0.25) is 4.79 Å². The van der Waals surface area contributed by atoms with Crippen molar-refractivity contribution in [2.45, 2.75) is 23.3 Å². The first-order chi connectivity index (χ1) is 14.4. The molecule has 8 heteroatoms. The first kappa shape index (κ1) is 20.9. The third-order valence-electron chi connectivity index (χ3n) is 5.64. The van der Waals surface area contributed by atoms with Gasteiger partial charge in [-0.05, 0) is 36.9 Å². The fourth-order valence-electron chi connectivity index (χ4n) is 3.86. The number of aromatic nitrogens is 1. The molecule has 3 aromatic rings. The Morgan fingerprint density at radius 1 is 1.00 bits per heavy atom. The van der Waals surface area contributed by atoms with E-state index in [2.05, 4.69) is 11.8 Å². The number of para-hydroxylation sites is 1. The van der Waals surface area contributed by atoms with Gasteiger partial charge < -0.3 is 14.4 Å². The third-order valence-corrected chi connectivity index (χ3v) is 7.69. The van der Waals surface area contributed by atoms with Crippen LogP contribution in [0.15, 0.2) is 64.5 Å². The van der Waals surface area contributed by atoms with E-state index in [-0.39, 0.29) is 22.2 Å². The van der Waals surface area contributed by atoms with Gasteiger partial charge in [0.15, 0.2) is 0 Å². The first-order valence-electron chi connectivity index (χ1n) is 9.99. The summed E-state index contributed by atoms with van der Waals surface area (Å²) < 4.78 is 28.3. The fourth-order valence-corrected chi connectivity index (χ4v) is 5.46. The summed E-state index contributed by atoms with van der Waals surface area (Å²) in [4.78, 5) is 17.4. The first-order valence-corrected chi connectivity index (χ1v) is 11.8. The maximum Gasteiger partial charge on any atom is 0.242 e. The molecule has 0 aliphatic carbocycles. The molecule has 0 spiro atoms. The number of hydrogen-bond acceptors (Lipinski definition) is 4. The predicted molar refractivity (Wildman–Crippen MR) is 118 cm³/mol. The molecule has 0 unspecified atom stereocenters. The molecule has 0 N–H and O–H groups in total. The molecular formula is C22H24ClN3O3S. The lowest BCUT2D eigenvalue weighted by Crippen LogP contribution is -2.49. The summed E-state index contributed by atoms with van der Waals surface area (Å²) in [6, 6.07) is 13.4. The Balaban J connectivity index is 1.66. The van der Waals surface area contributed by atoms with Gasteiger partial charge in [-0.1, -0.05) is 36.7 Å². The van der Waals surface area contributed by atoms with Crippen LogP contribution in [-0.2, 0) is 21.2 Å². The summed E-state index contributed by atoms with van der Waals surface area (Å²) in [6.07, 6.45) is 1.58. The molecule has 1 aliphatic rings. The van der Waals surface area contributed by atoms with Gasteiger partial charge >= 0.3 is 0 Å². The van der Waals surface area contributed by atoms with Crippen LogP contribution >= 0.6 is 11.6 Å². The van der Waals surface area contributed by atoms with E-state index in [4.69, 9.17) is 11.6 Å². The summed E-state index contributed by atoms with van der Waals surface area (Å²) in [5.74, 6) is 0.00180. The van der Waals surface area contributed by atoms with E-state index in [0.717, 1.165) is 25.2 Å². The van der Waals surface area contributed by atoms with Crippen molar-refractivity contribution in [2.75, 3.05) is 32.7 Å². The monoisotopic (exact) mass is 445 g/mol. The van der Waals surface area contributed by atoms with Crippen LogP contribution in [0.2, 0.25) is 5.02 Å². The van der Waals surface area contributed by atoms with Crippen LogP contribution in [0.3, 0.4) is 0 Å². The average Bonchev–Trinajstić information content (AvgIpc) is 3.13. The van der Waals surface area contributed by atoms with Crippen molar-refractivity contribution in [2.24, 2.45) is 0 Å². The molecule has 1 aromatic heterocycles. The second-order valence-corrected chi connectivity index (χ2v) is 9.77. The molecule has 1 aliphatic heterocycles. The van der Waals surface area contributed by atoms with Gasteiger partial charge in [-0.25, -0.2) is 8.42 Å². The van der Waals surface area contributed by atoms with E-state index in [9.17, 15) is 13.2 Å². The highest BCUT2D eigenvalue weighted by atomic mass is 35.5. The van der Waals surface area contributed by atoms with Crippen LogP contribution in [0.1, 0.15) is 6.92 Å². The molecule has 30 heavy (non-hydrogen) atoms. The van der Waals surface area contributed by atoms with Gasteiger partial charge in [0.05, 0.1) is 9.79 Å². The normalized spacial score (nSPS) is 15.6. The summed E-state index contributed by atoms with van der Waals surface area (Å²) in [7, 11) is -3.74. The number of piperazine rings is 1. The molecule has 1 amide bonds. The zero-order valence-corrected chi connectivity index (χ0v) is 18.4. The summed E-state index contributed by atoms with van der Waals surface area (Å²) in [6.45, 7) is 6.34. The van der Waals surface area contributed by atoms with Crippen LogP contribution in [0.5, 0.6) is 0 Å². The van der Waals surface area contributed by atoms with Gasteiger partial charge in [0, 0.05) is 48.3 Å². The molecule has 2 heterocycles. The van der Waals surface area contributed by atoms with Crippen molar-refractivity contribution in [1.82, 2.24) is 14.4 Å². The van der Waals surface area contributed by atoms with Crippen molar-refractivity contribution < 1.29 is 13.2 Å². The molecular weight excluding hydrogens is 422 g/mol. The second-order valence-electron chi connectivity index (χ2n) is 7.41. The zero-order valence-electron chi connectivity index (χ0n) is 16.8. The lowest BCUT2D eigenvalue weighted by Gasteiger charge is -2.34. The van der Waals surface area contributed by atoms with E-state index in [1.807, 2.05) is 17.0 Å². The van der Waals surface area contributed by atoms with E-state index in [0.29, 0.717) is 23.5 Å². The number of hydrogen-bond donors (Lipinski definition) is 0. The van der Waals surface area contributed by atoms with E-state index in [1.165, 1.54) is 12.1 Å². The second kappa shape index (κ2) is 8.41. The highest BCUT2D eigenvalue weighted by Gasteiger charge is 2.25. The number of rotatable bonds is 5. The molecule has 0 bridgehead atoms. The minimum Gasteiger partial charge on any atom is -0.339 e. The van der Waals surface area contributed by atoms with Crippen LogP contribution in [-0.4, -0.2) is 61.4 Å². The molecule has 1 fully saturated rings. The lowest BCUT2D eigenvalue weighted by molar-refractivity contribution is -0.133.